The molecule has 7 heteroatoms. The number of nitrogens with zero attached hydrogens (tertiary/aromatic N) is 6. The number of pyridine rings is 1. The predicted molar refractivity (Wildman–Crippen MR) is 106 cm³/mol. The van der Waals surface area contributed by atoms with Crippen molar-refractivity contribution in [2.45, 2.75) is 68.6 Å². The van der Waals surface area contributed by atoms with Crippen molar-refractivity contribution in [2.24, 2.45) is 0 Å². The van der Waals surface area contributed by atoms with Crippen LogP contribution >= 0.6 is 11.8 Å². The van der Waals surface area contributed by atoms with Gasteiger partial charge < -0.3 is 0 Å². The maximum Gasteiger partial charge on any atom is 0.198 e. The van der Waals surface area contributed by atoms with E-state index >= 15 is 0 Å². The third-order valence-electron chi connectivity index (χ3n) is 4.97. The van der Waals surface area contributed by atoms with Crippen LogP contribution in [-0.2, 0) is 6.42 Å². The van der Waals surface area contributed by atoms with Crippen LogP contribution in [0.15, 0.2) is 40.8 Å². The first-order chi connectivity index (χ1) is 13.2. The number of hydrogen-bond donors (Lipinski definition) is 0. The molecule has 0 radical (unpaired) electrons. The molecule has 1 aliphatic rings. The molecule has 4 rings (SSSR count). The lowest BCUT2D eigenvalue weighted by Gasteiger charge is -2.25. The minimum Gasteiger partial charge on any atom is -0.299 e. The highest BCUT2D eigenvalue weighted by Gasteiger charge is 2.24. The number of hydrogen-bond acceptors (Lipinski definition) is 6. The van der Waals surface area contributed by atoms with Gasteiger partial charge >= 0.3 is 0 Å². The lowest BCUT2D eigenvalue weighted by Crippen LogP contribution is -2.15. The molecule has 1 aliphatic carbocycles. The summed E-state index contributed by atoms with van der Waals surface area (Å²) in [6.45, 7) is 4.06. The summed E-state index contributed by atoms with van der Waals surface area (Å²) in [5.41, 5.74) is 2.12. The van der Waals surface area contributed by atoms with Crippen molar-refractivity contribution in [1.82, 2.24) is 29.7 Å². The minimum atomic E-state index is 0.438. The maximum absolute atomic E-state index is 4.61. The third kappa shape index (κ3) is 4.03. The lowest BCUT2D eigenvalue weighted by molar-refractivity contribution is 0.339. The quantitative estimate of drug-likeness (QED) is 0.600. The summed E-state index contributed by atoms with van der Waals surface area (Å²) >= 11 is 1.59. The second kappa shape index (κ2) is 8.17. The van der Waals surface area contributed by atoms with E-state index in [2.05, 4.69) is 42.7 Å². The molecule has 3 heterocycles. The summed E-state index contributed by atoms with van der Waals surface area (Å²) in [7, 11) is 0. The Balaban J connectivity index is 1.74. The van der Waals surface area contributed by atoms with Crippen LogP contribution in [0.25, 0.3) is 11.4 Å². The first-order valence-electron chi connectivity index (χ1n) is 9.62. The molecule has 0 unspecified atom stereocenters. The van der Waals surface area contributed by atoms with E-state index in [0.29, 0.717) is 6.04 Å². The molecule has 3 aromatic rings. The Morgan fingerprint density at radius 1 is 1.07 bits per heavy atom. The van der Waals surface area contributed by atoms with Crippen LogP contribution in [0.4, 0.5) is 0 Å². The van der Waals surface area contributed by atoms with E-state index in [1.165, 1.54) is 32.1 Å². The molecular weight excluding hydrogens is 356 g/mol. The van der Waals surface area contributed by atoms with E-state index in [9.17, 15) is 0 Å². The Bertz CT molecular complexity index is 902. The highest BCUT2D eigenvalue weighted by Crippen LogP contribution is 2.37. The van der Waals surface area contributed by atoms with E-state index < -0.39 is 0 Å². The van der Waals surface area contributed by atoms with Crippen molar-refractivity contribution in [1.29, 1.82) is 0 Å². The van der Waals surface area contributed by atoms with Crippen molar-refractivity contribution in [3.63, 3.8) is 0 Å². The fourth-order valence-electron chi connectivity index (χ4n) is 3.64. The van der Waals surface area contributed by atoms with Crippen LogP contribution in [0.3, 0.4) is 0 Å². The first kappa shape index (κ1) is 18.1. The molecule has 140 valence electrons. The molecule has 0 N–H and O–H groups in total. The SMILES string of the molecule is CCc1cc(Sc2nnc(-c3ccncc3)n2C2CCCCC2)nc(C)n1. The summed E-state index contributed by atoms with van der Waals surface area (Å²) in [4.78, 5) is 13.2. The molecule has 0 spiro atoms. The van der Waals surface area contributed by atoms with Crippen LogP contribution < -0.4 is 0 Å². The average Bonchev–Trinajstić information content (AvgIpc) is 3.12. The molecule has 1 fully saturated rings. The maximum atomic E-state index is 4.61. The van der Waals surface area contributed by atoms with Crippen molar-refractivity contribution >= 4 is 11.8 Å². The van der Waals surface area contributed by atoms with Gasteiger partial charge in [0.1, 0.15) is 10.9 Å². The summed E-state index contributed by atoms with van der Waals surface area (Å²) in [5, 5.41) is 10.9. The molecule has 0 bridgehead atoms. The van der Waals surface area contributed by atoms with Gasteiger partial charge in [-0.2, -0.15) is 0 Å². The molecule has 27 heavy (non-hydrogen) atoms. The second-order valence-corrected chi connectivity index (χ2v) is 7.89. The standard InChI is InChI=1S/C20H24N6S/c1-3-16-13-18(23-14(2)22-16)27-20-25-24-19(15-9-11-21-12-10-15)26(20)17-7-5-4-6-8-17/h9-13,17H,3-8H2,1-2H3. The normalized spacial score (nSPS) is 15.2. The van der Waals surface area contributed by atoms with Crippen LogP contribution in [0.2, 0.25) is 0 Å². The Kier molecular flexibility index (Phi) is 5.48. The van der Waals surface area contributed by atoms with Gasteiger partial charge in [0, 0.05) is 29.7 Å². The van der Waals surface area contributed by atoms with Gasteiger partial charge in [-0.25, -0.2) is 9.97 Å². The van der Waals surface area contributed by atoms with E-state index in [0.717, 1.165) is 39.5 Å². The van der Waals surface area contributed by atoms with Gasteiger partial charge in [0.25, 0.3) is 0 Å². The summed E-state index contributed by atoms with van der Waals surface area (Å²) < 4.78 is 2.32. The fraction of sp³-hybridized carbons (Fsp3) is 0.450. The Morgan fingerprint density at radius 2 is 1.85 bits per heavy atom. The molecule has 0 saturated heterocycles. The molecular formula is C20H24N6S. The second-order valence-electron chi connectivity index (χ2n) is 6.90. The van der Waals surface area contributed by atoms with Gasteiger partial charge in [-0.1, -0.05) is 26.2 Å². The van der Waals surface area contributed by atoms with Gasteiger partial charge in [-0.05, 0) is 56.1 Å². The molecule has 0 aromatic carbocycles. The van der Waals surface area contributed by atoms with Crippen molar-refractivity contribution in [2.75, 3.05) is 0 Å². The van der Waals surface area contributed by atoms with Crippen LogP contribution in [-0.4, -0.2) is 29.7 Å². The number of aromatic nitrogens is 6. The largest absolute Gasteiger partial charge is 0.299 e. The molecule has 0 aliphatic heterocycles. The monoisotopic (exact) mass is 380 g/mol. The van der Waals surface area contributed by atoms with E-state index in [-0.39, 0.29) is 0 Å². The molecule has 0 atom stereocenters. The molecule has 1 saturated carbocycles. The van der Waals surface area contributed by atoms with Crippen LogP contribution in [0, 0.1) is 6.92 Å². The number of rotatable bonds is 5. The van der Waals surface area contributed by atoms with Crippen molar-refractivity contribution in [3.05, 3.63) is 42.1 Å². The van der Waals surface area contributed by atoms with E-state index in [1.807, 2.05) is 31.5 Å². The van der Waals surface area contributed by atoms with E-state index in [1.54, 1.807) is 11.8 Å². The minimum absolute atomic E-state index is 0.438. The third-order valence-corrected chi connectivity index (χ3v) is 5.85. The zero-order chi connectivity index (χ0) is 18.6. The van der Waals surface area contributed by atoms with Crippen LogP contribution in [0.1, 0.15) is 56.6 Å². The van der Waals surface area contributed by atoms with Gasteiger partial charge in [0.05, 0.1) is 0 Å². The lowest BCUT2D eigenvalue weighted by atomic mass is 9.95. The number of aryl methyl sites for hydroxylation is 2. The molecule has 3 aromatic heterocycles. The summed E-state index contributed by atoms with van der Waals surface area (Å²) in [5.74, 6) is 1.73. The first-order valence-corrected chi connectivity index (χ1v) is 10.4. The Morgan fingerprint density at radius 3 is 2.59 bits per heavy atom. The topological polar surface area (TPSA) is 69.4 Å². The van der Waals surface area contributed by atoms with Crippen LogP contribution in [0.5, 0.6) is 0 Å². The van der Waals surface area contributed by atoms with E-state index in [4.69, 9.17) is 0 Å². The zero-order valence-corrected chi connectivity index (χ0v) is 16.6. The van der Waals surface area contributed by atoms with Gasteiger partial charge in [-0.15, -0.1) is 10.2 Å². The Labute approximate surface area is 163 Å². The highest BCUT2D eigenvalue weighted by atomic mass is 32.2. The molecule has 0 amide bonds. The smallest absolute Gasteiger partial charge is 0.198 e. The summed E-state index contributed by atoms with van der Waals surface area (Å²) in [6, 6.07) is 6.50. The zero-order valence-electron chi connectivity index (χ0n) is 15.8. The van der Waals surface area contributed by atoms with Crippen molar-refractivity contribution < 1.29 is 0 Å². The fourth-order valence-corrected chi connectivity index (χ4v) is 4.61. The Hall–Kier alpha value is -2.28. The summed E-state index contributed by atoms with van der Waals surface area (Å²) in [6.07, 6.45) is 10.7. The van der Waals surface area contributed by atoms with Gasteiger partial charge in [-0.3, -0.25) is 9.55 Å². The average molecular weight is 381 g/mol. The predicted octanol–water partition coefficient (Wildman–Crippen LogP) is 4.66. The molecule has 6 nitrogen and oxygen atoms in total. The highest BCUT2D eigenvalue weighted by molar-refractivity contribution is 7.99. The van der Waals surface area contributed by atoms with Gasteiger partial charge in [0.2, 0.25) is 0 Å². The van der Waals surface area contributed by atoms with Crippen molar-refractivity contribution in [3.8, 4) is 11.4 Å². The van der Waals surface area contributed by atoms with Gasteiger partial charge in [0.15, 0.2) is 11.0 Å².